The minimum Gasteiger partial charge on any atom is -0.504 e. The van der Waals surface area contributed by atoms with Crippen molar-refractivity contribution < 1.29 is 28.8 Å². The topological polar surface area (TPSA) is 77.5 Å². The Hall–Kier alpha value is -3.19. The highest BCUT2D eigenvalue weighted by Gasteiger charge is 2.21. The van der Waals surface area contributed by atoms with Crippen LogP contribution in [0, 0.1) is 5.92 Å². The Bertz CT molecular complexity index is 949. The number of likely N-dealkylation sites (tertiary alicyclic amines) is 1. The molecule has 2 aromatic rings. The van der Waals surface area contributed by atoms with Crippen LogP contribution in [-0.2, 0) is 16.1 Å². The molecule has 1 N–H and O–H groups in total. The molecule has 0 saturated carbocycles. The molecule has 0 spiro atoms. The number of benzene rings is 2. The van der Waals surface area contributed by atoms with E-state index < -0.39 is 0 Å². The van der Waals surface area contributed by atoms with Crippen molar-refractivity contribution in [2.45, 2.75) is 19.4 Å². The van der Waals surface area contributed by atoms with E-state index >= 15 is 0 Å². The molecule has 0 unspecified atom stereocenters. The van der Waals surface area contributed by atoms with Crippen molar-refractivity contribution >= 4 is 12.0 Å². The number of hydrogen-bond acceptors (Lipinski definition) is 7. The number of hydrogen-bond donors (Lipinski definition) is 1. The number of rotatable bonds is 7. The lowest BCUT2D eigenvalue weighted by molar-refractivity contribution is -0.139. The fourth-order valence-corrected chi connectivity index (χ4v) is 3.82. The molecule has 0 bridgehead atoms. The number of ether oxygens (including phenoxy) is 4. The summed E-state index contributed by atoms with van der Waals surface area (Å²) in [5.74, 6) is 2.06. The van der Waals surface area contributed by atoms with Crippen LogP contribution in [-0.4, -0.2) is 49.6 Å². The molecule has 7 heteroatoms. The third-order valence-electron chi connectivity index (χ3n) is 5.63. The Kier molecular flexibility index (Phi) is 6.62. The lowest BCUT2D eigenvalue weighted by Gasteiger charge is -2.31. The summed E-state index contributed by atoms with van der Waals surface area (Å²) in [4.78, 5) is 14.5. The lowest BCUT2D eigenvalue weighted by atomic mass is 9.97. The van der Waals surface area contributed by atoms with E-state index in [0.717, 1.165) is 49.5 Å². The Balaban J connectivity index is 1.19. The van der Waals surface area contributed by atoms with Crippen molar-refractivity contribution in [2.24, 2.45) is 5.92 Å². The average molecular weight is 425 g/mol. The normalized spacial score (nSPS) is 16.5. The van der Waals surface area contributed by atoms with Gasteiger partial charge in [0.1, 0.15) is 0 Å². The zero-order valence-electron chi connectivity index (χ0n) is 17.6. The van der Waals surface area contributed by atoms with Gasteiger partial charge in [0.15, 0.2) is 23.0 Å². The zero-order valence-corrected chi connectivity index (χ0v) is 17.6. The second-order valence-electron chi connectivity index (χ2n) is 7.80. The van der Waals surface area contributed by atoms with Crippen LogP contribution in [0.4, 0.5) is 0 Å². The molecule has 0 radical (unpaired) electrons. The summed E-state index contributed by atoms with van der Waals surface area (Å²) in [6.45, 7) is 3.54. The van der Waals surface area contributed by atoms with E-state index in [9.17, 15) is 9.90 Å². The molecule has 0 atom stereocenters. The van der Waals surface area contributed by atoms with Gasteiger partial charge in [-0.1, -0.05) is 12.1 Å². The molecule has 2 aliphatic rings. The smallest absolute Gasteiger partial charge is 0.330 e. The van der Waals surface area contributed by atoms with Gasteiger partial charge < -0.3 is 24.1 Å². The van der Waals surface area contributed by atoms with Gasteiger partial charge in [0, 0.05) is 12.6 Å². The number of phenols is 1. The first-order valence-corrected chi connectivity index (χ1v) is 10.4. The van der Waals surface area contributed by atoms with Crippen molar-refractivity contribution in [1.82, 2.24) is 4.90 Å². The maximum Gasteiger partial charge on any atom is 0.330 e. The van der Waals surface area contributed by atoms with Crippen LogP contribution < -0.4 is 14.2 Å². The lowest BCUT2D eigenvalue weighted by Crippen LogP contribution is -2.34. The summed E-state index contributed by atoms with van der Waals surface area (Å²) in [5, 5.41) is 9.62. The van der Waals surface area contributed by atoms with Gasteiger partial charge in [-0.25, -0.2) is 4.79 Å². The molecule has 2 aromatic carbocycles. The number of carbonyl (C=O) groups is 1. The molecule has 7 nitrogen and oxygen atoms in total. The zero-order chi connectivity index (χ0) is 21.6. The number of methoxy groups -OCH3 is 1. The molecule has 4 rings (SSSR count). The molecule has 2 heterocycles. The molecule has 2 aliphatic heterocycles. The van der Waals surface area contributed by atoms with E-state index in [0.29, 0.717) is 25.1 Å². The van der Waals surface area contributed by atoms with Gasteiger partial charge >= 0.3 is 5.97 Å². The van der Waals surface area contributed by atoms with Gasteiger partial charge in [0.05, 0.1) is 13.7 Å². The fourth-order valence-electron chi connectivity index (χ4n) is 3.82. The van der Waals surface area contributed by atoms with E-state index in [-0.39, 0.29) is 11.7 Å². The summed E-state index contributed by atoms with van der Waals surface area (Å²) in [7, 11) is 1.48. The quantitative estimate of drug-likeness (QED) is 0.536. The summed E-state index contributed by atoms with van der Waals surface area (Å²) >= 11 is 0. The standard InChI is InChI=1S/C24H27NO6/c1-28-22-12-17(2-5-20(22)26)4-7-24(27)29-15-18-8-10-25(11-9-18)14-19-3-6-21-23(13-19)31-16-30-21/h2-7,12-13,18,26H,8-11,14-16H2,1H3/b7-4+. The highest BCUT2D eigenvalue weighted by atomic mass is 16.7. The fraction of sp³-hybridized carbons (Fsp3) is 0.375. The summed E-state index contributed by atoms with van der Waals surface area (Å²) in [6.07, 6.45) is 5.05. The molecule has 0 aromatic heterocycles. The molecule has 164 valence electrons. The maximum atomic E-state index is 12.1. The first kappa shape index (κ1) is 21.1. The molecule has 0 aliphatic carbocycles. The number of phenolic OH excluding ortho intramolecular Hbond substituents is 1. The van der Waals surface area contributed by atoms with Crippen molar-refractivity contribution in [3.63, 3.8) is 0 Å². The van der Waals surface area contributed by atoms with Crippen molar-refractivity contribution in [3.05, 3.63) is 53.6 Å². The van der Waals surface area contributed by atoms with Gasteiger partial charge in [0.2, 0.25) is 6.79 Å². The van der Waals surface area contributed by atoms with Gasteiger partial charge in [-0.05, 0) is 73.3 Å². The van der Waals surface area contributed by atoms with Crippen LogP contribution in [0.3, 0.4) is 0 Å². The van der Waals surface area contributed by atoms with E-state index in [1.165, 1.54) is 24.8 Å². The van der Waals surface area contributed by atoms with Crippen molar-refractivity contribution in [2.75, 3.05) is 33.6 Å². The second-order valence-corrected chi connectivity index (χ2v) is 7.80. The minimum absolute atomic E-state index is 0.0621. The molecular weight excluding hydrogens is 398 g/mol. The summed E-state index contributed by atoms with van der Waals surface area (Å²) < 4.78 is 21.3. The maximum absolute atomic E-state index is 12.1. The van der Waals surface area contributed by atoms with Crippen molar-refractivity contribution in [3.8, 4) is 23.0 Å². The van der Waals surface area contributed by atoms with E-state index in [1.807, 2.05) is 12.1 Å². The second kappa shape index (κ2) is 9.75. The third kappa shape index (κ3) is 5.49. The Morgan fingerprint density at radius 2 is 1.97 bits per heavy atom. The minimum atomic E-state index is -0.366. The number of nitrogens with zero attached hydrogens (tertiary/aromatic N) is 1. The monoisotopic (exact) mass is 425 g/mol. The predicted molar refractivity (Wildman–Crippen MR) is 115 cm³/mol. The first-order valence-electron chi connectivity index (χ1n) is 10.4. The Labute approximate surface area is 181 Å². The van der Waals surface area contributed by atoms with Gasteiger partial charge in [-0.3, -0.25) is 4.90 Å². The molecule has 1 fully saturated rings. The Morgan fingerprint density at radius 3 is 2.77 bits per heavy atom. The van der Waals surface area contributed by atoms with Crippen LogP contribution in [0.25, 0.3) is 6.08 Å². The number of carbonyl (C=O) groups excluding carboxylic acids is 1. The average Bonchev–Trinajstić information content (AvgIpc) is 3.26. The van der Waals surface area contributed by atoms with Crippen LogP contribution >= 0.6 is 0 Å². The van der Waals surface area contributed by atoms with Gasteiger partial charge in [-0.15, -0.1) is 0 Å². The van der Waals surface area contributed by atoms with Gasteiger partial charge in [0.25, 0.3) is 0 Å². The first-order chi connectivity index (χ1) is 15.1. The highest BCUT2D eigenvalue weighted by molar-refractivity contribution is 5.87. The van der Waals surface area contributed by atoms with Crippen LogP contribution in [0.1, 0.15) is 24.0 Å². The SMILES string of the molecule is COc1cc(/C=C/C(=O)OCC2CCN(Cc3ccc4c(c3)OCO4)CC2)ccc1O. The number of esters is 1. The van der Waals surface area contributed by atoms with E-state index in [4.69, 9.17) is 18.9 Å². The van der Waals surface area contributed by atoms with Crippen LogP contribution in [0.5, 0.6) is 23.0 Å². The number of piperidine rings is 1. The van der Waals surface area contributed by atoms with E-state index in [1.54, 1.807) is 18.2 Å². The van der Waals surface area contributed by atoms with Gasteiger partial charge in [-0.2, -0.15) is 0 Å². The molecular formula is C24H27NO6. The van der Waals surface area contributed by atoms with E-state index in [2.05, 4.69) is 11.0 Å². The van der Waals surface area contributed by atoms with Crippen molar-refractivity contribution in [1.29, 1.82) is 0 Å². The van der Waals surface area contributed by atoms with Crippen LogP contribution in [0.15, 0.2) is 42.5 Å². The van der Waals surface area contributed by atoms with Crippen LogP contribution in [0.2, 0.25) is 0 Å². The predicted octanol–water partition coefficient (Wildman–Crippen LogP) is 3.60. The summed E-state index contributed by atoms with van der Waals surface area (Å²) in [5.41, 5.74) is 1.97. The Morgan fingerprint density at radius 1 is 1.16 bits per heavy atom. The number of aromatic hydroxyl groups is 1. The largest absolute Gasteiger partial charge is 0.504 e. The third-order valence-corrected chi connectivity index (χ3v) is 5.63. The molecule has 1 saturated heterocycles. The molecule has 0 amide bonds. The molecule has 31 heavy (non-hydrogen) atoms. The summed E-state index contributed by atoms with van der Waals surface area (Å²) in [6, 6.07) is 11.0. The number of fused-ring (bicyclic) bond motifs is 1. The highest BCUT2D eigenvalue weighted by Crippen LogP contribution is 2.33.